The maximum absolute atomic E-state index is 11.9. The smallest absolute Gasteiger partial charge is 0.255 e. The van der Waals surface area contributed by atoms with E-state index in [2.05, 4.69) is 5.32 Å². The van der Waals surface area contributed by atoms with E-state index in [0.29, 0.717) is 16.8 Å². The van der Waals surface area contributed by atoms with Crippen molar-refractivity contribution >= 4 is 11.6 Å². The molecule has 0 aromatic heterocycles. The fraction of sp³-hybridized carbons (Fsp3) is 0. The lowest BCUT2D eigenvalue weighted by molar-refractivity contribution is 0.102. The van der Waals surface area contributed by atoms with Gasteiger partial charge in [0.2, 0.25) is 0 Å². The second-order valence-corrected chi connectivity index (χ2v) is 3.80. The Morgan fingerprint density at radius 1 is 0.947 bits per heavy atom. The molecule has 19 heavy (non-hydrogen) atoms. The highest BCUT2D eigenvalue weighted by atomic mass is 16.1. The Bertz CT molecular complexity index is 694. The molecule has 0 fully saturated rings. The van der Waals surface area contributed by atoms with Gasteiger partial charge in [-0.2, -0.15) is 10.5 Å². The van der Waals surface area contributed by atoms with Gasteiger partial charge in [-0.15, -0.1) is 0 Å². The van der Waals surface area contributed by atoms with Gasteiger partial charge in [0.15, 0.2) is 0 Å². The van der Waals surface area contributed by atoms with Crippen LogP contribution in [0.15, 0.2) is 48.5 Å². The molecule has 2 aromatic carbocycles. The van der Waals surface area contributed by atoms with Crippen LogP contribution in [0.4, 0.5) is 5.69 Å². The average Bonchev–Trinajstić information content (AvgIpc) is 2.48. The summed E-state index contributed by atoms with van der Waals surface area (Å²) in [4.78, 5) is 11.9. The van der Waals surface area contributed by atoms with Crippen molar-refractivity contribution < 1.29 is 4.79 Å². The molecule has 1 amide bonds. The Morgan fingerprint density at radius 2 is 1.63 bits per heavy atom. The van der Waals surface area contributed by atoms with E-state index in [-0.39, 0.29) is 11.5 Å². The van der Waals surface area contributed by atoms with Crippen molar-refractivity contribution in [3.8, 4) is 12.1 Å². The Labute approximate surface area is 110 Å². The fourth-order valence-corrected chi connectivity index (χ4v) is 1.60. The molecule has 0 aliphatic carbocycles. The second-order valence-electron chi connectivity index (χ2n) is 3.80. The number of nitrogens with zero attached hydrogens (tertiary/aromatic N) is 2. The van der Waals surface area contributed by atoms with Gasteiger partial charge in [0.05, 0.1) is 11.1 Å². The van der Waals surface area contributed by atoms with E-state index in [9.17, 15) is 4.79 Å². The van der Waals surface area contributed by atoms with Crippen LogP contribution in [0.2, 0.25) is 0 Å². The van der Waals surface area contributed by atoms with Crippen LogP contribution >= 0.6 is 0 Å². The largest absolute Gasteiger partial charge is 0.322 e. The van der Waals surface area contributed by atoms with E-state index in [1.54, 1.807) is 30.3 Å². The molecule has 0 heterocycles. The van der Waals surface area contributed by atoms with E-state index >= 15 is 0 Å². The van der Waals surface area contributed by atoms with Crippen molar-refractivity contribution in [2.45, 2.75) is 0 Å². The highest BCUT2D eigenvalue weighted by molar-refractivity contribution is 6.04. The predicted molar refractivity (Wildman–Crippen MR) is 70.3 cm³/mol. The van der Waals surface area contributed by atoms with E-state index in [1.807, 2.05) is 18.2 Å². The third-order valence-corrected chi connectivity index (χ3v) is 2.55. The molecule has 0 bridgehead atoms. The monoisotopic (exact) mass is 247 g/mol. The van der Waals surface area contributed by atoms with Crippen LogP contribution in [-0.4, -0.2) is 5.91 Å². The first kappa shape index (κ1) is 12.3. The Hall–Kier alpha value is -3.11. The molecule has 2 aromatic rings. The molecule has 0 radical (unpaired) electrons. The lowest BCUT2D eigenvalue weighted by Gasteiger charge is -2.06. The molecular formula is C15H9N3O. The summed E-state index contributed by atoms with van der Waals surface area (Å²) in [6.45, 7) is 0. The van der Waals surface area contributed by atoms with E-state index in [1.165, 1.54) is 12.1 Å². The topological polar surface area (TPSA) is 76.7 Å². The van der Waals surface area contributed by atoms with E-state index in [4.69, 9.17) is 10.5 Å². The molecular weight excluding hydrogens is 238 g/mol. The van der Waals surface area contributed by atoms with Gasteiger partial charge in [-0.3, -0.25) is 4.79 Å². The predicted octanol–water partition coefficient (Wildman–Crippen LogP) is 2.68. The number of benzene rings is 2. The van der Waals surface area contributed by atoms with Gasteiger partial charge in [-0.05, 0) is 30.3 Å². The summed E-state index contributed by atoms with van der Waals surface area (Å²) in [6, 6.07) is 17.2. The second kappa shape index (κ2) is 5.48. The zero-order chi connectivity index (χ0) is 13.7. The zero-order valence-electron chi connectivity index (χ0n) is 9.92. The van der Waals surface area contributed by atoms with Crippen molar-refractivity contribution in [2.75, 3.05) is 5.32 Å². The first-order valence-electron chi connectivity index (χ1n) is 5.55. The molecule has 0 atom stereocenters. The minimum atomic E-state index is -0.255. The maximum atomic E-state index is 11.9. The number of rotatable bonds is 2. The number of hydrogen-bond acceptors (Lipinski definition) is 3. The van der Waals surface area contributed by atoms with Crippen molar-refractivity contribution in [3.05, 3.63) is 65.2 Å². The number of nitrogens with one attached hydrogen (secondary N) is 1. The summed E-state index contributed by atoms with van der Waals surface area (Å²) >= 11 is 0. The molecule has 0 saturated carbocycles. The maximum Gasteiger partial charge on any atom is 0.255 e. The first-order valence-corrected chi connectivity index (χ1v) is 5.55. The number of hydrogen-bond donors (Lipinski definition) is 1. The summed E-state index contributed by atoms with van der Waals surface area (Å²) in [5.41, 5.74) is 1.56. The van der Waals surface area contributed by atoms with Crippen LogP contribution in [0.5, 0.6) is 0 Å². The first-order chi connectivity index (χ1) is 9.24. The number of nitriles is 2. The molecule has 2 rings (SSSR count). The zero-order valence-corrected chi connectivity index (χ0v) is 9.92. The molecule has 90 valence electrons. The number of carbonyl (C=O) groups is 1. The lowest BCUT2D eigenvalue weighted by atomic mass is 10.1. The minimum Gasteiger partial charge on any atom is -0.322 e. The SMILES string of the molecule is N#Cc1ccc(NC(=O)c2ccccc2)cc1C#N. The quantitative estimate of drug-likeness (QED) is 0.886. The van der Waals surface area contributed by atoms with Gasteiger partial charge in [0.1, 0.15) is 12.1 Å². The van der Waals surface area contributed by atoms with Gasteiger partial charge in [-0.25, -0.2) is 0 Å². The lowest BCUT2D eigenvalue weighted by Crippen LogP contribution is -2.11. The summed E-state index contributed by atoms with van der Waals surface area (Å²) < 4.78 is 0. The third-order valence-electron chi connectivity index (χ3n) is 2.55. The Kier molecular flexibility index (Phi) is 3.56. The third kappa shape index (κ3) is 2.77. The van der Waals surface area contributed by atoms with Gasteiger partial charge in [0.25, 0.3) is 5.91 Å². The van der Waals surface area contributed by atoms with Crippen molar-refractivity contribution in [1.29, 1.82) is 10.5 Å². The van der Waals surface area contributed by atoms with Crippen molar-refractivity contribution in [3.63, 3.8) is 0 Å². The van der Waals surface area contributed by atoms with Gasteiger partial charge in [-0.1, -0.05) is 18.2 Å². The highest BCUT2D eigenvalue weighted by Crippen LogP contribution is 2.15. The summed E-state index contributed by atoms with van der Waals surface area (Å²) in [5, 5.41) is 20.4. The minimum absolute atomic E-state index is 0.244. The summed E-state index contributed by atoms with van der Waals surface area (Å²) in [7, 11) is 0. The normalized spacial score (nSPS) is 9.16. The number of anilines is 1. The van der Waals surface area contributed by atoms with E-state index < -0.39 is 0 Å². The number of carbonyl (C=O) groups excluding carboxylic acids is 1. The number of amides is 1. The van der Waals surface area contributed by atoms with E-state index in [0.717, 1.165) is 0 Å². The summed E-state index contributed by atoms with van der Waals surface area (Å²) in [6.07, 6.45) is 0. The molecule has 0 spiro atoms. The average molecular weight is 247 g/mol. The molecule has 0 aliphatic heterocycles. The van der Waals surface area contributed by atoms with Crippen LogP contribution in [-0.2, 0) is 0 Å². The Morgan fingerprint density at radius 3 is 2.26 bits per heavy atom. The van der Waals surface area contributed by atoms with Crippen LogP contribution < -0.4 is 5.32 Å². The van der Waals surface area contributed by atoms with Crippen LogP contribution in [0.3, 0.4) is 0 Å². The molecule has 1 N–H and O–H groups in total. The fourth-order valence-electron chi connectivity index (χ4n) is 1.60. The van der Waals surface area contributed by atoms with Crippen LogP contribution in [0.1, 0.15) is 21.5 Å². The van der Waals surface area contributed by atoms with Crippen molar-refractivity contribution in [2.24, 2.45) is 0 Å². The summed E-state index contributed by atoms with van der Waals surface area (Å²) in [5.74, 6) is -0.255. The van der Waals surface area contributed by atoms with Crippen molar-refractivity contribution in [1.82, 2.24) is 0 Å². The van der Waals surface area contributed by atoms with Crippen LogP contribution in [0, 0.1) is 22.7 Å². The molecule has 0 unspecified atom stereocenters. The molecule has 4 nitrogen and oxygen atoms in total. The standard InChI is InChI=1S/C15H9N3O/c16-9-12-6-7-14(8-13(12)10-17)18-15(19)11-4-2-1-3-5-11/h1-8H,(H,18,19). The van der Waals surface area contributed by atoms with Gasteiger partial charge >= 0.3 is 0 Å². The van der Waals surface area contributed by atoms with Gasteiger partial charge < -0.3 is 5.32 Å². The van der Waals surface area contributed by atoms with Crippen LogP contribution in [0.25, 0.3) is 0 Å². The molecule has 4 heteroatoms. The Balaban J connectivity index is 2.24. The molecule has 0 aliphatic rings. The molecule has 0 saturated heterocycles. The highest BCUT2D eigenvalue weighted by Gasteiger charge is 2.07. The van der Waals surface area contributed by atoms with Gasteiger partial charge in [0, 0.05) is 11.3 Å².